The Bertz CT molecular complexity index is 1460. The van der Waals surface area contributed by atoms with Crippen LogP contribution in [0.1, 0.15) is 24.2 Å². The van der Waals surface area contributed by atoms with Gasteiger partial charge in [0.25, 0.3) is 0 Å². The van der Waals surface area contributed by atoms with Crippen LogP contribution in [-0.2, 0) is 17.4 Å². The maximum atomic E-state index is 12.9. The third-order valence-electron chi connectivity index (χ3n) is 6.47. The molecule has 0 fully saturated rings. The largest absolute Gasteiger partial charge is 0.341 e. The third-order valence-corrected chi connectivity index (χ3v) is 8.21. The number of hydrogen-bond acceptors (Lipinski definition) is 1. The van der Waals surface area contributed by atoms with Crippen LogP contribution < -0.4 is 0 Å². The van der Waals surface area contributed by atoms with E-state index >= 15 is 0 Å². The smallest absolute Gasteiger partial charge is 0.211 e. The van der Waals surface area contributed by atoms with Crippen molar-refractivity contribution in [2.45, 2.75) is 20.4 Å². The predicted molar refractivity (Wildman–Crippen MR) is 141 cm³/mol. The number of carbonyl (C=O) groups excluding carboxylic acids is 1. The van der Waals surface area contributed by atoms with E-state index in [2.05, 4.69) is 97.5 Å². The van der Waals surface area contributed by atoms with Gasteiger partial charge in [0.05, 0.1) is 6.26 Å². The molecule has 0 aliphatic heterocycles. The van der Waals surface area contributed by atoms with E-state index in [4.69, 9.17) is 0 Å². The van der Waals surface area contributed by atoms with E-state index in [1.165, 1.54) is 43.7 Å². The number of rotatable bonds is 6. The first-order chi connectivity index (χ1) is 15.6. The molecule has 160 valence electrons. The predicted octanol–water partition coefficient (Wildman–Crippen LogP) is 7.09. The lowest BCUT2D eigenvalue weighted by atomic mass is 9.97. The van der Waals surface area contributed by atoms with Crippen molar-refractivity contribution in [3.05, 3.63) is 84.4 Å². The fraction of sp³-hybridized carbons (Fsp3) is 0.207. The fourth-order valence-corrected chi connectivity index (χ4v) is 5.49. The molecule has 0 spiro atoms. The average molecular weight is 439 g/mol. The summed E-state index contributed by atoms with van der Waals surface area (Å²) in [5, 5.41) is 4.90. The normalized spacial score (nSPS) is 12.6. The molecule has 0 radical (unpaired) electrons. The Balaban J connectivity index is 1.71. The summed E-state index contributed by atoms with van der Waals surface area (Å²) in [6, 6.07) is 28.0. The highest BCUT2D eigenvalue weighted by atomic mass is 32.2. The SMILES string of the molecule is CCn1c2ccc(C(=O)C[S+](C)CC)cc2c2cc(-c3cccc4ccccc34)ccc21. The van der Waals surface area contributed by atoms with Crippen LogP contribution in [0.5, 0.6) is 0 Å². The second-order valence-electron chi connectivity index (χ2n) is 8.37. The molecule has 3 heteroatoms. The standard InChI is InChI=1S/C29H28NOS/c1-4-30-27-15-13-21(24-12-8-10-20-9-6-7-11-23(20)24)17-25(27)26-18-22(14-16-28(26)30)29(31)19-32(3)5-2/h6-18H,4-5,19H2,1-3H3/q+1. The van der Waals surface area contributed by atoms with Gasteiger partial charge in [-0.05, 0) is 77.0 Å². The molecule has 1 heterocycles. The van der Waals surface area contributed by atoms with Gasteiger partial charge in [-0.1, -0.05) is 48.5 Å². The minimum Gasteiger partial charge on any atom is -0.341 e. The van der Waals surface area contributed by atoms with Gasteiger partial charge < -0.3 is 4.57 Å². The molecule has 1 atom stereocenters. The molecule has 1 aromatic heterocycles. The molecule has 0 aliphatic carbocycles. The summed E-state index contributed by atoms with van der Waals surface area (Å²) in [4.78, 5) is 12.9. The monoisotopic (exact) mass is 438 g/mol. The van der Waals surface area contributed by atoms with Crippen molar-refractivity contribution in [3.63, 3.8) is 0 Å². The summed E-state index contributed by atoms with van der Waals surface area (Å²) < 4.78 is 2.35. The molecule has 0 saturated carbocycles. The van der Waals surface area contributed by atoms with Gasteiger partial charge in [0.15, 0.2) is 5.75 Å². The maximum absolute atomic E-state index is 12.9. The van der Waals surface area contributed by atoms with Crippen LogP contribution in [0.15, 0.2) is 78.9 Å². The van der Waals surface area contributed by atoms with Gasteiger partial charge in [-0.3, -0.25) is 4.79 Å². The zero-order chi connectivity index (χ0) is 22.2. The van der Waals surface area contributed by atoms with Crippen molar-refractivity contribution in [3.8, 4) is 11.1 Å². The van der Waals surface area contributed by atoms with E-state index in [-0.39, 0.29) is 16.7 Å². The van der Waals surface area contributed by atoms with Crippen molar-refractivity contribution in [1.82, 2.24) is 4.57 Å². The number of aryl methyl sites for hydroxylation is 1. The van der Waals surface area contributed by atoms with Gasteiger partial charge in [0.2, 0.25) is 5.78 Å². The average Bonchev–Trinajstić information content (AvgIpc) is 3.15. The molecule has 0 N–H and O–H groups in total. The van der Waals surface area contributed by atoms with Crippen LogP contribution in [0.25, 0.3) is 43.7 Å². The van der Waals surface area contributed by atoms with Crippen molar-refractivity contribution >= 4 is 49.3 Å². The Morgan fingerprint density at radius 2 is 1.53 bits per heavy atom. The molecular formula is C29H28NOS+. The van der Waals surface area contributed by atoms with E-state index in [0.717, 1.165) is 17.9 Å². The van der Waals surface area contributed by atoms with Gasteiger partial charge in [0, 0.05) is 33.9 Å². The van der Waals surface area contributed by atoms with Gasteiger partial charge in [0.1, 0.15) is 5.75 Å². The highest BCUT2D eigenvalue weighted by molar-refractivity contribution is 7.96. The molecule has 1 unspecified atom stereocenters. The first-order valence-electron chi connectivity index (χ1n) is 11.3. The third kappa shape index (κ3) is 3.51. The molecule has 0 saturated heterocycles. The molecule has 0 bridgehead atoms. The second kappa shape index (κ2) is 8.48. The highest BCUT2D eigenvalue weighted by Gasteiger charge is 2.19. The van der Waals surface area contributed by atoms with Gasteiger partial charge in [-0.15, -0.1) is 0 Å². The highest BCUT2D eigenvalue weighted by Crippen LogP contribution is 2.35. The van der Waals surface area contributed by atoms with E-state index in [1.807, 2.05) is 6.07 Å². The van der Waals surface area contributed by atoms with Crippen LogP contribution in [0.3, 0.4) is 0 Å². The molecule has 32 heavy (non-hydrogen) atoms. The van der Waals surface area contributed by atoms with Crippen LogP contribution in [-0.4, -0.2) is 28.1 Å². The number of aromatic nitrogens is 1. The fourth-order valence-electron chi connectivity index (χ4n) is 4.67. The van der Waals surface area contributed by atoms with E-state index in [0.29, 0.717) is 5.75 Å². The van der Waals surface area contributed by atoms with E-state index < -0.39 is 0 Å². The topological polar surface area (TPSA) is 22.0 Å². The lowest BCUT2D eigenvalue weighted by Gasteiger charge is -2.08. The Morgan fingerprint density at radius 3 is 2.31 bits per heavy atom. The number of Topliss-reactive ketones (excluding diaryl/α,β-unsaturated/α-hetero) is 1. The minimum absolute atomic E-state index is 0.138. The van der Waals surface area contributed by atoms with Crippen LogP contribution in [0.4, 0.5) is 0 Å². The Kier molecular flexibility index (Phi) is 5.52. The van der Waals surface area contributed by atoms with Gasteiger partial charge in [-0.2, -0.15) is 0 Å². The minimum atomic E-state index is 0.138. The molecule has 4 aromatic carbocycles. The van der Waals surface area contributed by atoms with Crippen LogP contribution in [0, 0.1) is 0 Å². The molecule has 5 aromatic rings. The first-order valence-corrected chi connectivity index (χ1v) is 13.2. The summed E-state index contributed by atoms with van der Waals surface area (Å²) in [6.07, 6.45) is 2.18. The molecule has 2 nitrogen and oxygen atoms in total. The second-order valence-corrected chi connectivity index (χ2v) is 10.8. The Hall–Kier alpha value is -3.04. The summed E-state index contributed by atoms with van der Waals surface area (Å²) >= 11 is 0. The number of hydrogen-bond donors (Lipinski definition) is 0. The van der Waals surface area contributed by atoms with Crippen molar-refractivity contribution in [1.29, 1.82) is 0 Å². The zero-order valence-corrected chi connectivity index (χ0v) is 19.7. The number of benzene rings is 4. The van der Waals surface area contributed by atoms with Crippen molar-refractivity contribution < 1.29 is 4.79 Å². The summed E-state index contributed by atoms with van der Waals surface area (Å²) in [5.41, 5.74) is 5.70. The zero-order valence-electron chi connectivity index (χ0n) is 18.9. The van der Waals surface area contributed by atoms with Crippen molar-refractivity contribution in [2.75, 3.05) is 17.8 Å². The van der Waals surface area contributed by atoms with Gasteiger partial charge in [-0.25, -0.2) is 0 Å². The Morgan fingerprint density at radius 1 is 0.812 bits per heavy atom. The van der Waals surface area contributed by atoms with Crippen LogP contribution >= 0.6 is 0 Å². The van der Waals surface area contributed by atoms with E-state index in [9.17, 15) is 4.79 Å². The summed E-state index contributed by atoms with van der Waals surface area (Å²) in [5.74, 6) is 1.94. The summed E-state index contributed by atoms with van der Waals surface area (Å²) in [7, 11) is 0.138. The molecule has 0 aliphatic rings. The summed E-state index contributed by atoms with van der Waals surface area (Å²) in [6.45, 7) is 5.24. The number of fused-ring (bicyclic) bond motifs is 4. The molecule has 0 amide bonds. The van der Waals surface area contributed by atoms with E-state index in [1.54, 1.807) is 0 Å². The molecular weight excluding hydrogens is 410 g/mol. The number of nitrogens with zero attached hydrogens (tertiary/aromatic N) is 1. The van der Waals surface area contributed by atoms with Crippen LogP contribution in [0.2, 0.25) is 0 Å². The Labute approximate surface area is 192 Å². The van der Waals surface area contributed by atoms with Gasteiger partial charge >= 0.3 is 0 Å². The quantitative estimate of drug-likeness (QED) is 0.205. The molecule has 5 rings (SSSR count). The van der Waals surface area contributed by atoms with Crippen molar-refractivity contribution in [2.24, 2.45) is 0 Å². The lowest BCUT2D eigenvalue weighted by molar-refractivity contribution is 0.102. The number of ketones is 1. The lowest BCUT2D eigenvalue weighted by Crippen LogP contribution is -2.16. The first kappa shape index (κ1) is 20.8. The number of carbonyl (C=O) groups is 1. The maximum Gasteiger partial charge on any atom is 0.211 e.